The second-order valence-electron chi connectivity index (χ2n) is 8.75. The summed E-state index contributed by atoms with van der Waals surface area (Å²) in [6.07, 6.45) is 0.650. The molecule has 0 spiro atoms. The molecule has 0 saturated carbocycles. The van der Waals surface area contributed by atoms with Crippen molar-refractivity contribution >= 4 is 21.1 Å². The molecule has 2 N–H and O–H groups in total. The molecule has 1 aliphatic rings. The number of hydrogen-bond acceptors (Lipinski definition) is 7. The predicted molar refractivity (Wildman–Crippen MR) is 140 cm³/mol. The van der Waals surface area contributed by atoms with Crippen LogP contribution < -0.4 is 15.0 Å². The molecule has 1 aromatic carbocycles. The van der Waals surface area contributed by atoms with E-state index in [1.165, 1.54) is 18.2 Å². The first-order valence-electron chi connectivity index (χ1n) is 15.1. The van der Waals surface area contributed by atoms with Gasteiger partial charge in [-0.3, -0.25) is 9.48 Å². The molecule has 1 saturated heterocycles. The zero-order valence-electron chi connectivity index (χ0n) is 26.7. The van der Waals surface area contributed by atoms with E-state index in [4.69, 9.17) is 13.0 Å². The molecule has 0 aliphatic carbocycles. The number of aromatic amines is 1. The molecule has 3 aromatic rings. The molecule has 36 heavy (non-hydrogen) atoms. The number of likely N-dealkylation sites (tertiary alicyclic amines) is 1. The third-order valence-electron chi connectivity index (χ3n) is 6.15. The Bertz CT molecular complexity index is 1610. The summed E-state index contributed by atoms with van der Waals surface area (Å²) in [5.41, 5.74) is -1.81. The maximum Gasteiger partial charge on any atom is 0.277 e. The minimum atomic E-state index is -4.17. The maximum atomic E-state index is 13.3. The van der Waals surface area contributed by atoms with E-state index in [1.807, 2.05) is 14.0 Å². The van der Waals surface area contributed by atoms with Gasteiger partial charge in [0, 0.05) is 27.8 Å². The van der Waals surface area contributed by atoms with Crippen molar-refractivity contribution in [2.75, 3.05) is 26.7 Å². The first-order chi connectivity index (χ1) is 19.6. The highest BCUT2D eigenvalue weighted by atomic mass is 32.2. The molecule has 2 aromatic heterocycles. The van der Waals surface area contributed by atoms with E-state index in [0.29, 0.717) is 17.5 Å². The normalized spacial score (nSPS) is 20.8. The largest absolute Gasteiger partial charge is 0.493 e. The number of hydrogen-bond donors (Lipinski definition) is 2. The Morgan fingerprint density at radius 1 is 1.33 bits per heavy atom. The first-order valence-corrected chi connectivity index (χ1v) is 13.5. The van der Waals surface area contributed by atoms with E-state index in [9.17, 15) is 13.2 Å². The van der Waals surface area contributed by atoms with Gasteiger partial charge in [0.1, 0.15) is 17.1 Å². The minimum absolute atomic E-state index is 0.0703. The van der Waals surface area contributed by atoms with E-state index in [1.54, 1.807) is 6.92 Å². The van der Waals surface area contributed by atoms with Gasteiger partial charge in [-0.1, -0.05) is 20.3 Å². The summed E-state index contributed by atoms with van der Waals surface area (Å²) in [5.74, 6) is 0.0560. The molecular formula is C25H36N6O4S. The van der Waals surface area contributed by atoms with Crippen molar-refractivity contribution in [3.8, 4) is 17.1 Å². The van der Waals surface area contributed by atoms with Crippen molar-refractivity contribution < 1.29 is 21.4 Å². The quantitative estimate of drug-likeness (QED) is 0.397. The molecule has 196 valence electrons. The molecule has 2 unspecified atom stereocenters. The molecule has 0 amide bonds. The Hall–Kier alpha value is -2.76. The second kappa shape index (κ2) is 11.1. The smallest absolute Gasteiger partial charge is 0.277 e. The van der Waals surface area contributed by atoms with Crippen LogP contribution in [0.2, 0.25) is 0 Å². The Morgan fingerprint density at radius 2 is 2.17 bits per heavy atom. The molecule has 1 aliphatic heterocycles. The summed E-state index contributed by atoms with van der Waals surface area (Å²) < 4.78 is 83.9. The molecular weight excluding hydrogens is 480 g/mol. The highest BCUT2D eigenvalue weighted by Gasteiger charge is 2.23. The molecule has 2 atom stereocenters. The van der Waals surface area contributed by atoms with Crippen LogP contribution in [0.3, 0.4) is 0 Å². The zero-order chi connectivity index (χ0) is 31.0. The van der Waals surface area contributed by atoms with E-state index in [-0.39, 0.29) is 52.3 Å². The van der Waals surface area contributed by atoms with Gasteiger partial charge < -0.3 is 14.6 Å². The topological polar surface area (TPSA) is 122 Å². The predicted octanol–water partition coefficient (Wildman–Crippen LogP) is 2.83. The van der Waals surface area contributed by atoms with Crippen molar-refractivity contribution in [3.05, 3.63) is 34.2 Å². The third-order valence-corrected chi connectivity index (χ3v) is 7.50. The first kappa shape index (κ1) is 19.4. The highest BCUT2D eigenvalue weighted by Crippen LogP contribution is 2.31. The Labute approximate surface area is 220 Å². The van der Waals surface area contributed by atoms with Crippen LogP contribution in [0.25, 0.3) is 22.4 Å². The van der Waals surface area contributed by atoms with Crippen molar-refractivity contribution in [2.24, 2.45) is 6.98 Å². The second-order valence-corrected chi connectivity index (χ2v) is 10.5. The lowest BCUT2D eigenvalue weighted by atomic mass is 10.1. The van der Waals surface area contributed by atoms with Crippen LogP contribution in [-0.2, 0) is 23.4 Å². The van der Waals surface area contributed by atoms with Gasteiger partial charge in [-0.25, -0.2) is 18.1 Å². The summed E-state index contributed by atoms with van der Waals surface area (Å²) in [6, 6.07) is 4.11. The lowest BCUT2D eigenvalue weighted by Gasteiger charge is -2.19. The number of benzene rings is 1. The highest BCUT2D eigenvalue weighted by molar-refractivity contribution is 7.89. The van der Waals surface area contributed by atoms with Crippen LogP contribution in [0.4, 0.5) is 0 Å². The molecule has 0 bridgehead atoms. The molecule has 4 rings (SSSR count). The number of ether oxygens (including phenoxy) is 1. The van der Waals surface area contributed by atoms with E-state index in [2.05, 4.69) is 24.7 Å². The molecule has 3 heterocycles. The fourth-order valence-corrected chi connectivity index (χ4v) is 5.25. The number of nitrogens with zero attached hydrogens (tertiary/aromatic N) is 4. The number of aromatic nitrogens is 4. The van der Waals surface area contributed by atoms with Gasteiger partial charge in [0.2, 0.25) is 10.0 Å². The zero-order valence-corrected chi connectivity index (χ0v) is 21.5. The van der Waals surface area contributed by atoms with Crippen molar-refractivity contribution in [2.45, 2.75) is 63.3 Å². The third kappa shape index (κ3) is 5.47. The number of fused-ring (bicyclic) bond motifs is 1. The van der Waals surface area contributed by atoms with Crippen LogP contribution in [0.15, 0.2) is 27.9 Å². The average Bonchev–Trinajstić information content (AvgIpc) is 3.51. The van der Waals surface area contributed by atoms with Crippen molar-refractivity contribution in [1.29, 1.82) is 0 Å². The van der Waals surface area contributed by atoms with Crippen molar-refractivity contribution in [1.82, 2.24) is 29.4 Å². The van der Waals surface area contributed by atoms with Crippen molar-refractivity contribution in [3.63, 3.8) is 0 Å². The summed E-state index contributed by atoms with van der Waals surface area (Å²) in [6.45, 7) is 0.636. The summed E-state index contributed by atoms with van der Waals surface area (Å²) in [4.78, 5) is 22.1. The number of H-pyrrole nitrogens is 1. The molecule has 1 fully saturated rings. The minimum Gasteiger partial charge on any atom is -0.493 e. The Kier molecular flexibility index (Phi) is 5.97. The van der Waals surface area contributed by atoms with Crippen LogP contribution in [0.1, 0.15) is 59.9 Å². The summed E-state index contributed by atoms with van der Waals surface area (Å²) in [7, 11) is -2.22. The van der Waals surface area contributed by atoms with Crippen LogP contribution >= 0.6 is 0 Å². The lowest BCUT2D eigenvalue weighted by Crippen LogP contribution is -2.31. The van der Waals surface area contributed by atoms with Gasteiger partial charge in [-0.15, -0.1) is 0 Å². The standard InChI is InChI=1S/C25H36N6O4S/c1-5-8-20-22-23(31(4)29-20)25(32)28-24(27-22)19-16-18(10-11-21(19)35-15-6-2)36(33,34)26-13-12-17-9-7-14-30(17)3/h10-11,16-17,26H,5-9,12-15H2,1-4H3,(H,27,28,32)/i4D3,8D2,13D. The van der Waals surface area contributed by atoms with E-state index in [0.717, 1.165) is 19.4 Å². The molecule has 11 heteroatoms. The van der Waals surface area contributed by atoms with E-state index >= 15 is 0 Å². The Morgan fingerprint density at radius 3 is 2.86 bits per heavy atom. The van der Waals surface area contributed by atoms with E-state index < -0.39 is 41.0 Å². The Balaban J connectivity index is 1.83. The number of aryl methyl sites for hydroxylation is 2. The fourth-order valence-electron chi connectivity index (χ4n) is 4.28. The SMILES string of the molecule is [2H]C(CC1CCCN1C)NS(=O)(=O)c1ccc(OCCC)c(-c2nc3c(C([2H])([2H])CC)nn(C([2H])([2H])[2H])c3c(=O)[nH]2)c1. The van der Waals surface area contributed by atoms with Crippen LogP contribution in [-0.4, -0.2) is 65.8 Å². The van der Waals surface area contributed by atoms with Gasteiger partial charge in [0.05, 0.1) is 22.8 Å². The monoisotopic (exact) mass is 522 g/mol. The summed E-state index contributed by atoms with van der Waals surface area (Å²) >= 11 is 0. The average molecular weight is 523 g/mol. The van der Waals surface area contributed by atoms with Gasteiger partial charge in [0.15, 0.2) is 5.52 Å². The molecule has 10 nitrogen and oxygen atoms in total. The number of sulfonamides is 1. The van der Waals surface area contributed by atoms with Crippen LogP contribution in [0, 0.1) is 0 Å². The number of nitrogens with one attached hydrogen (secondary N) is 2. The van der Waals surface area contributed by atoms with Crippen LogP contribution in [0.5, 0.6) is 5.75 Å². The fraction of sp³-hybridized carbons (Fsp3) is 0.560. The van der Waals surface area contributed by atoms with Gasteiger partial charge in [0.25, 0.3) is 5.56 Å². The lowest BCUT2D eigenvalue weighted by molar-refractivity contribution is 0.297. The number of rotatable bonds is 11. The van der Waals surface area contributed by atoms with Gasteiger partial charge in [-0.05, 0) is 63.8 Å². The maximum absolute atomic E-state index is 13.3. The van der Waals surface area contributed by atoms with Gasteiger partial charge in [-0.2, -0.15) is 5.10 Å². The molecule has 0 radical (unpaired) electrons. The van der Waals surface area contributed by atoms with Gasteiger partial charge >= 0.3 is 0 Å². The summed E-state index contributed by atoms with van der Waals surface area (Å²) in [5, 5.41) is 3.94.